The van der Waals surface area contributed by atoms with Crippen LogP contribution >= 0.6 is 11.6 Å². The van der Waals surface area contributed by atoms with Crippen molar-refractivity contribution in [3.8, 4) is 17.1 Å². The van der Waals surface area contributed by atoms with Gasteiger partial charge in [0.1, 0.15) is 23.6 Å². The summed E-state index contributed by atoms with van der Waals surface area (Å²) in [6.45, 7) is 1.90. The van der Waals surface area contributed by atoms with Crippen molar-refractivity contribution in [2.45, 2.75) is 18.9 Å². The smallest absolute Gasteiger partial charge is 0.164 e. The van der Waals surface area contributed by atoms with E-state index in [0.717, 1.165) is 53.6 Å². The number of anilines is 1. The van der Waals surface area contributed by atoms with E-state index in [1.54, 1.807) is 6.07 Å². The first-order valence-corrected chi connectivity index (χ1v) is 9.20. The molecular formula is C18H18ClN7O. The van der Waals surface area contributed by atoms with Gasteiger partial charge in [-0.2, -0.15) is 5.10 Å². The molecule has 1 aliphatic rings. The summed E-state index contributed by atoms with van der Waals surface area (Å²) in [6.07, 6.45) is 3.43. The van der Waals surface area contributed by atoms with Crippen molar-refractivity contribution in [3.05, 3.63) is 29.5 Å². The first kappa shape index (κ1) is 16.3. The van der Waals surface area contributed by atoms with Crippen LogP contribution in [0.3, 0.4) is 0 Å². The summed E-state index contributed by atoms with van der Waals surface area (Å²) < 4.78 is 1.97. The molecule has 1 fully saturated rings. The number of nitrogen functional groups attached to an aromatic ring is 1. The minimum absolute atomic E-state index is 0.117. The molecule has 0 unspecified atom stereocenters. The molecule has 138 valence electrons. The average Bonchev–Trinajstić information content (AvgIpc) is 3.25. The van der Waals surface area contributed by atoms with Gasteiger partial charge in [0.25, 0.3) is 0 Å². The molecule has 27 heavy (non-hydrogen) atoms. The number of phenols is 1. The van der Waals surface area contributed by atoms with E-state index in [1.165, 1.54) is 12.4 Å². The summed E-state index contributed by atoms with van der Waals surface area (Å²) in [5.74, 6) is 0.508. The van der Waals surface area contributed by atoms with E-state index in [1.807, 2.05) is 10.7 Å². The van der Waals surface area contributed by atoms with E-state index in [9.17, 15) is 5.11 Å². The van der Waals surface area contributed by atoms with E-state index in [2.05, 4.69) is 20.3 Å². The van der Waals surface area contributed by atoms with Crippen LogP contribution in [-0.2, 0) is 0 Å². The number of hydrogen-bond donors (Lipinski definition) is 4. The van der Waals surface area contributed by atoms with E-state index < -0.39 is 0 Å². The number of H-pyrrole nitrogens is 1. The van der Waals surface area contributed by atoms with Gasteiger partial charge >= 0.3 is 0 Å². The quantitative estimate of drug-likeness (QED) is 0.422. The van der Waals surface area contributed by atoms with Crippen LogP contribution in [0.15, 0.2) is 24.5 Å². The van der Waals surface area contributed by atoms with Crippen molar-refractivity contribution < 1.29 is 5.11 Å². The van der Waals surface area contributed by atoms with E-state index in [0.29, 0.717) is 16.5 Å². The Hall–Kier alpha value is -2.84. The zero-order chi connectivity index (χ0) is 18.5. The monoisotopic (exact) mass is 383 g/mol. The maximum absolute atomic E-state index is 9.82. The minimum atomic E-state index is 0.117. The van der Waals surface area contributed by atoms with Crippen LogP contribution in [0.4, 0.5) is 5.82 Å². The number of hydrogen-bond acceptors (Lipinski definition) is 6. The number of nitrogens with zero attached hydrogens (tertiary/aromatic N) is 4. The second-order valence-corrected chi connectivity index (χ2v) is 7.21. The van der Waals surface area contributed by atoms with Crippen LogP contribution in [0, 0.1) is 0 Å². The Kier molecular flexibility index (Phi) is 3.70. The molecule has 8 nitrogen and oxygen atoms in total. The molecule has 0 radical (unpaired) electrons. The molecule has 1 aliphatic heterocycles. The first-order chi connectivity index (χ1) is 13.1. The molecule has 0 spiro atoms. The lowest BCUT2D eigenvalue weighted by atomic mass is 10.1. The average molecular weight is 384 g/mol. The van der Waals surface area contributed by atoms with Gasteiger partial charge in [-0.15, -0.1) is 0 Å². The molecule has 0 bridgehead atoms. The van der Waals surface area contributed by atoms with Crippen molar-refractivity contribution in [3.63, 3.8) is 0 Å². The molecule has 5 N–H and O–H groups in total. The fourth-order valence-corrected chi connectivity index (χ4v) is 4.07. The fourth-order valence-electron chi connectivity index (χ4n) is 3.80. The third kappa shape index (κ3) is 2.60. The number of benzene rings is 1. The van der Waals surface area contributed by atoms with E-state index >= 15 is 0 Å². The highest BCUT2D eigenvalue weighted by molar-refractivity contribution is 6.35. The number of nitrogens with one attached hydrogen (secondary N) is 2. The van der Waals surface area contributed by atoms with Crippen LogP contribution in [0.25, 0.3) is 33.3 Å². The second kappa shape index (κ2) is 6.11. The minimum Gasteiger partial charge on any atom is -0.508 e. The number of aromatic hydroxyl groups is 1. The van der Waals surface area contributed by atoms with Crippen LogP contribution in [-0.4, -0.2) is 42.9 Å². The molecule has 0 atom stereocenters. The van der Waals surface area contributed by atoms with Gasteiger partial charge in [0.05, 0.1) is 27.7 Å². The SMILES string of the molecule is Nc1ncnc2c1c(-c1cc3cc(O)cc(Cl)c3[nH]1)nn2C1CCNCC1. The predicted octanol–water partition coefficient (Wildman–Crippen LogP) is 2.84. The highest BCUT2D eigenvalue weighted by Crippen LogP contribution is 2.36. The molecule has 3 aromatic heterocycles. The maximum atomic E-state index is 9.82. The summed E-state index contributed by atoms with van der Waals surface area (Å²) in [5.41, 5.74) is 9.11. The van der Waals surface area contributed by atoms with Crippen molar-refractivity contribution in [2.75, 3.05) is 18.8 Å². The summed E-state index contributed by atoms with van der Waals surface area (Å²) in [7, 11) is 0. The standard InChI is InChI=1S/C18H18ClN7O/c19-12-7-11(27)5-9-6-13(24-15(9)12)16-14-17(20)22-8-23-18(14)26(25-16)10-1-3-21-4-2-10/h5-8,10,21,24,27H,1-4H2,(H2,20,22,23). The molecule has 0 saturated carbocycles. The Labute approximate surface area is 159 Å². The molecular weight excluding hydrogens is 366 g/mol. The number of aromatic nitrogens is 5. The number of rotatable bonds is 2. The predicted molar refractivity (Wildman–Crippen MR) is 105 cm³/mol. The van der Waals surface area contributed by atoms with Gasteiger partial charge in [-0.25, -0.2) is 14.6 Å². The first-order valence-electron chi connectivity index (χ1n) is 8.83. The molecule has 1 saturated heterocycles. The van der Waals surface area contributed by atoms with E-state index in [4.69, 9.17) is 22.4 Å². The van der Waals surface area contributed by atoms with Gasteiger partial charge in [0.15, 0.2) is 5.65 Å². The molecule has 4 aromatic rings. The van der Waals surface area contributed by atoms with Crippen LogP contribution in [0.2, 0.25) is 5.02 Å². The number of fused-ring (bicyclic) bond motifs is 2. The van der Waals surface area contributed by atoms with Gasteiger partial charge in [-0.1, -0.05) is 11.6 Å². The Morgan fingerprint density at radius 1 is 1.19 bits per heavy atom. The Balaban J connectivity index is 1.74. The Morgan fingerprint density at radius 2 is 2.00 bits per heavy atom. The van der Waals surface area contributed by atoms with Gasteiger partial charge in [-0.3, -0.25) is 0 Å². The highest BCUT2D eigenvalue weighted by atomic mass is 35.5. The zero-order valence-corrected chi connectivity index (χ0v) is 15.2. The summed E-state index contributed by atoms with van der Waals surface area (Å²) >= 11 is 6.27. The molecule has 9 heteroatoms. The summed E-state index contributed by atoms with van der Waals surface area (Å²) in [4.78, 5) is 11.9. The Bertz CT molecular complexity index is 1160. The Morgan fingerprint density at radius 3 is 2.81 bits per heavy atom. The zero-order valence-electron chi connectivity index (χ0n) is 14.4. The van der Waals surface area contributed by atoms with Crippen molar-refractivity contribution >= 4 is 39.4 Å². The number of phenolic OH excluding ortho intramolecular Hbond substituents is 1. The maximum Gasteiger partial charge on any atom is 0.164 e. The number of piperidine rings is 1. The summed E-state index contributed by atoms with van der Waals surface area (Å²) in [6, 6.07) is 5.33. The fraction of sp³-hybridized carbons (Fsp3) is 0.278. The van der Waals surface area contributed by atoms with Gasteiger partial charge in [-0.05, 0) is 38.1 Å². The lowest BCUT2D eigenvalue weighted by Gasteiger charge is -2.23. The molecule has 1 aromatic carbocycles. The van der Waals surface area contributed by atoms with E-state index in [-0.39, 0.29) is 11.8 Å². The van der Waals surface area contributed by atoms with Gasteiger partial charge in [0, 0.05) is 11.5 Å². The molecule has 0 aliphatic carbocycles. The number of aromatic amines is 1. The highest BCUT2D eigenvalue weighted by Gasteiger charge is 2.24. The molecule has 5 rings (SSSR count). The van der Waals surface area contributed by atoms with Crippen LogP contribution in [0.1, 0.15) is 18.9 Å². The van der Waals surface area contributed by atoms with Crippen LogP contribution in [0.5, 0.6) is 5.75 Å². The number of halogens is 1. The number of nitrogens with two attached hydrogens (primary N) is 1. The topological polar surface area (TPSA) is 118 Å². The normalized spacial score (nSPS) is 15.7. The second-order valence-electron chi connectivity index (χ2n) is 6.81. The van der Waals surface area contributed by atoms with Gasteiger partial charge in [0.2, 0.25) is 0 Å². The van der Waals surface area contributed by atoms with Crippen molar-refractivity contribution in [1.29, 1.82) is 0 Å². The van der Waals surface area contributed by atoms with Crippen molar-refractivity contribution in [1.82, 2.24) is 30.0 Å². The lowest BCUT2D eigenvalue weighted by Crippen LogP contribution is -2.30. The van der Waals surface area contributed by atoms with Crippen molar-refractivity contribution in [2.24, 2.45) is 0 Å². The van der Waals surface area contributed by atoms with Gasteiger partial charge < -0.3 is 21.1 Å². The molecule has 0 amide bonds. The third-order valence-corrected chi connectivity index (χ3v) is 5.39. The third-order valence-electron chi connectivity index (χ3n) is 5.09. The molecule has 4 heterocycles. The largest absolute Gasteiger partial charge is 0.508 e. The lowest BCUT2D eigenvalue weighted by molar-refractivity contribution is 0.350. The van der Waals surface area contributed by atoms with Crippen LogP contribution < -0.4 is 11.1 Å². The summed E-state index contributed by atoms with van der Waals surface area (Å²) in [5, 5.41) is 20.0.